The second-order valence-electron chi connectivity index (χ2n) is 20.0. The Kier molecular flexibility index (Phi) is 52.5. The van der Waals surface area contributed by atoms with Crippen LogP contribution in [0.4, 0.5) is 0 Å². The maximum Gasteiger partial charge on any atom is 0.305 e. The second-order valence-corrected chi connectivity index (χ2v) is 20.0. The number of unbranched alkanes of at least 4 members (excludes halogenated alkanes) is 43. The van der Waals surface area contributed by atoms with Crippen molar-refractivity contribution in [1.29, 1.82) is 0 Å². The molecule has 0 aliphatic rings. The van der Waals surface area contributed by atoms with E-state index in [4.69, 9.17) is 4.74 Å². The zero-order chi connectivity index (χ0) is 45.8. The lowest BCUT2D eigenvalue weighted by molar-refractivity contribution is -0.143. The van der Waals surface area contributed by atoms with Crippen molar-refractivity contribution in [2.75, 3.05) is 13.2 Å². The van der Waals surface area contributed by atoms with Crippen molar-refractivity contribution in [3.8, 4) is 0 Å². The van der Waals surface area contributed by atoms with Gasteiger partial charge in [0.15, 0.2) is 0 Å². The van der Waals surface area contributed by atoms with E-state index < -0.39 is 12.1 Å². The van der Waals surface area contributed by atoms with E-state index in [1.807, 2.05) is 0 Å². The molecule has 3 N–H and O–H groups in total. The molecule has 0 rings (SSSR count). The zero-order valence-corrected chi connectivity index (χ0v) is 42.8. The van der Waals surface area contributed by atoms with E-state index >= 15 is 0 Å². The Morgan fingerprint density at radius 3 is 0.968 bits per heavy atom. The Labute approximate surface area is 394 Å². The van der Waals surface area contributed by atoms with Gasteiger partial charge in [-0.25, -0.2) is 0 Å². The highest BCUT2D eigenvalue weighted by molar-refractivity contribution is 5.76. The molecule has 0 bridgehead atoms. The van der Waals surface area contributed by atoms with Crippen LogP contribution < -0.4 is 5.32 Å². The van der Waals surface area contributed by atoms with Gasteiger partial charge in [0.2, 0.25) is 5.91 Å². The van der Waals surface area contributed by atoms with Crippen molar-refractivity contribution < 1.29 is 24.5 Å². The number of aliphatic hydroxyl groups is 2. The molecule has 0 saturated heterocycles. The molecule has 0 aromatic rings. The summed E-state index contributed by atoms with van der Waals surface area (Å²) in [5.41, 5.74) is 0. The molecule has 63 heavy (non-hydrogen) atoms. The van der Waals surface area contributed by atoms with Gasteiger partial charge >= 0.3 is 5.97 Å². The average Bonchev–Trinajstić information content (AvgIpc) is 3.28. The van der Waals surface area contributed by atoms with Crippen LogP contribution in [0.2, 0.25) is 0 Å². The Morgan fingerprint density at radius 2 is 0.651 bits per heavy atom. The summed E-state index contributed by atoms with van der Waals surface area (Å²) in [5.74, 6) is -0.0676. The van der Waals surface area contributed by atoms with Crippen molar-refractivity contribution in [3.05, 3.63) is 0 Å². The quantitative estimate of drug-likeness (QED) is 0.0418. The van der Waals surface area contributed by atoms with Gasteiger partial charge in [-0.15, -0.1) is 0 Å². The summed E-state index contributed by atoms with van der Waals surface area (Å²) in [4.78, 5) is 24.6. The summed E-state index contributed by atoms with van der Waals surface area (Å²) in [6.45, 7) is 4.93. The van der Waals surface area contributed by atoms with Gasteiger partial charge in [-0.3, -0.25) is 9.59 Å². The summed E-state index contributed by atoms with van der Waals surface area (Å²) in [6, 6.07) is -0.557. The third-order valence-electron chi connectivity index (χ3n) is 13.7. The minimum Gasteiger partial charge on any atom is -0.466 e. The van der Waals surface area contributed by atoms with Crippen LogP contribution in [0.15, 0.2) is 0 Å². The first-order chi connectivity index (χ1) is 31.0. The van der Waals surface area contributed by atoms with Gasteiger partial charge in [-0.1, -0.05) is 290 Å². The second kappa shape index (κ2) is 53.5. The van der Waals surface area contributed by atoms with Gasteiger partial charge in [0.1, 0.15) is 0 Å². The van der Waals surface area contributed by atoms with Crippen molar-refractivity contribution in [2.45, 2.75) is 341 Å². The molecule has 0 aliphatic heterocycles. The smallest absolute Gasteiger partial charge is 0.305 e. The molecule has 0 fully saturated rings. The van der Waals surface area contributed by atoms with E-state index in [1.54, 1.807) is 0 Å². The number of aliphatic hydroxyl groups excluding tert-OH is 2. The number of amides is 1. The topological polar surface area (TPSA) is 95.9 Å². The molecule has 0 aromatic heterocycles. The zero-order valence-electron chi connectivity index (χ0n) is 42.8. The minimum absolute atomic E-state index is 0.0144. The number of rotatable bonds is 54. The van der Waals surface area contributed by atoms with Crippen molar-refractivity contribution in [2.24, 2.45) is 0 Å². The molecular formula is C57H113NO5. The molecule has 1 amide bonds. The van der Waals surface area contributed by atoms with E-state index in [0.29, 0.717) is 25.9 Å². The number of hydrogen-bond donors (Lipinski definition) is 3. The highest BCUT2D eigenvalue weighted by atomic mass is 16.5. The minimum atomic E-state index is -0.678. The van der Waals surface area contributed by atoms with Crippen LogP contribution >= 0.6 is 0 Å². The number of ether oxygens (including phenoxy) is 1. The molecule has 0 aromatic carbocycles. The molecule has 0 saturated carbocycles. The molecule has 0 heterocycles. The molecule has 6 nitrogen and oxygen atoms in total. The fourth-order valence-corrected chi connectivity index (χ4v) is 9.23. The molecule has 0 aliphatic carbocycles. The largest absolute Gasteiger partial charge is 0.466 e. The number of carbonyl (C=O) groups is 2. The van der Waals surface area contributed by atoms with Crippen molar-refractivity contribution >= 4 is 11.9 Å². The van der Waals surface area contributed by atoms with Crippen LogP contribution in [0.1, 0.15) is 328 Å². The first-order valence-corrected chi connectivity index (χ1v) is 28.8. The van der Waals surface area contributed by atoms with Crippen molar-refractivity contribution in [3.63, 3.8) is 0 Å². The summed E-state index contributed by atoms with van der Waals surface area (Å²) in [6.07, 6.45) is 60.9. The predicted molar refractivity (Wildman–Crippen MR) is 274 cm³/mol. The van der Waals surface area contributed by atoms with Gasteiger partial charge in [0.25, 0.3) is 0 Å². The van der Waals surface area contributed by atoms with E-state index in [1.165, 1.54) is 238 Å². The van der Waals surface area contributed by atoms with Gasteiger partial charge in [0, 0.05) is 12.8 Å². The number of hydrogen-bond acceptors (Lipinski definition) is 5. The SMILES string of the molecule is CCCCCCCCCCCCCCCCCCCCCCCC(O)C(CO)NC(=O)CCCCCCCCCCCCOC(=O)CCCCCCCCCCCCCCCCC. The summed E-state index contributed by atoms with van der Waals surface area (Å²) >= 11 is 0. The maximum absolute atomic E-state index is 12.5. The van der Waals surface area contributed by atoms with Gasteiger partial charge in [-0.05, 0) is 25.7 Å². The third kappa shape index (κ3) is 50.1. The third-order valence-corrected chi connectivity index (χ3v) is 13.7. The molecule has 376 valence electrons. The summed E-state index contributed by atoms with van der Waals surface area (Å²) < 4.78 is 5.47. The lowest BCUT2D eigenvalue weighted by Gasteiger charge is -2.22. The normalized spacial score (nSPS) is 12.5. The highest BCUT2D eigenvalue weighted by Gasteiger charge is 2.20. The van der Waals surface area contributed by atoms with Gasteiger partial charge in [-0.2, -0.15) is 0 Å². The van der Waals surface area contributed by atoms with E-state index in [-0.39, 0.29) is 18.5 Å². The number of esters is 1. The monoisotopic (exact) mass is 892 g/mol. The Morgan fingerprint density at radius 1 is 0.381 bits per heavy atom. The number of carbonyl (C=O) groups excluding carboxylic acids is 2. The molecular weight excluding hydrogens is 779 g/mol. The summed E-state index contributed by atoms with van der Waals surface area (Å²) in [5, 5.41) is 23.3. The van der Waals surface area contributed by atoms with E-state index in [2.05, 4.69) is 19.2 Å². The lowest BCUT2D eigenvalue weighted by Crippen LogP contribution is -2.45. The van der Waals surface area contributed by atoms with Gasteiger partial charge < -0.3 is 20.3 Å². The van der Waals surface area contributed by atoms with Crippen LogP contribution in [0.25, 0.3) is 0 Å². The van der Waals surface area contributed by atoms with E-state index in [0.717, 1.165) is 57.8 Å². The van der Waals surface area contributed by atoms with Crippen molar-refractivity contribution in [1.82, 2.24) is 5.32 Å². The molecule has 2 unspecified atom stereocenters. The van der Waals surface area contributed by atoms with Crippen LogP contribution in [0, 0.1) is 0 Å². The van der Waals surface area contributed by atoms with Crippen LogP contribution in [0.5, 0.6) is 0 Å². The fraction of sp³-hybridized carbons (Fsp3) is 0.965. The standard InChI is InChI=1S/C57H113NO5/c1-3-5-7-9-11-13-15-17-19-20-21-22-23-24-26-27-29-33-37-41-45-49-55(60)54(53-59)58-56(61)50-46-42-38-34-31-32-36-40-44-48-52-63-57(62)51-47-43-39-35-30-28-25-18-16-14-12-10-8-6-4-2/h54-55,59-60H,3-53H2,1-2H3,(H,58,61). The van der Waals surface area contributed by atoms with Crippen LogP contribution in [-0.4, -0.2) is 47.4 Å². The molecule has 6 heteroatoms. The first kappa shape index (κ1) is 61.9. The molecule has 0 spiro atoms. The average molecular weight is 893 g/mol. The number of nitrogens with one attached hydrogen (secondary N) is 1. The Bertz CT molecular complexity index is 898. The lowest BCUT2D eigenvalue weighted by atomic mass is 10.0. The van der Waals surface area contributed by atoms with E-state index in [9.17, 15) is 19.8 Å². The van der Waals surface area contributed by atoms with Gasteiger partial charge in [0.05, 0.1) is 25.4 Å². The molecule has 0 radical (unpaired) electrons. The highest BCUT2D eigenvalue weighted by Crippen LogP contribution is 2.18. The first-order valence-electron chi connectivity index (χ1n) is 28.8. The predicted octanol–water partition coefficient (Wildman–Crippen LogP) is 17.5. The van der Waals surface area contributed by atoms with Crippen LogP contribution in [0.3, 0.4) is 0 Å². The fourth-order valence-electron chi connectivity index (χ4n) is 9.23. The van der Waals surface area contributed by atoms with Crippen LogP contribution in [-0.2, 0) is 14.3 Å². The molecule has 2 atom stereocenters. The maximum atomic E-state index is 12.5. The Balaban J connectivity index is 3.45. The summed E-state index contributed by atoms with van der Waals surface area (Å²) in [7, 11) is 0. The Hall–Kier alpha value is -1.14.